The van der Waals surface area contributed by atoms with Crippen molar-refractivity contribution in [2.45, 2.75) is 6.92 Å². The van der Waals surface area contributed by atoms with Crippen LogP contribution in [-0.2, 0) is 7.05 Å². The summed E-state index contributed by atoms with van der Waals surface area (Å²) in [6, 6.07) is 6.29. The second-order valence-corrected chi connectivity index (χ2v) is 3.98. The smallest absolute Gasteiger partial charge is 0.106 e. The van der Waals surface area contributed by atoms with Crippen LogP contribution in [0, 0.1) is 6.92 Å². The Morgan fingerprint density at radius 1 is 1.43 bits per heavy atom. The highest BCUT2D eigenvalue weighted by atomic mass is 32.1. The molecular weight excluding hydrogens is 192 g/mol. The minimum atomic E-state index is 0.459. The third kappa shape index (κ3) is 1.30. The first-order chi connectivity index (χ1) is 6.59. The second-order valence-electron chi connectivity index (χ2n) is 3.54. The fraction of sp³-hybridized carbons (Fsp3) is 0.182. The monoisotopic (exact) mass is 204 g/mol. The minimum absolute atomic E-state index is 0.459. The number of aryl methyl sites for hydroxylation is 2. The zero-order chi connectivity index (χ0) is 10.3. The summed E-state index contributed by atoms with van der Waals surface area (Å²) >= 11 is 5.01. The van der Waals surface area contributed by atoms with Gasteiger partial charge in [0.1, 0.15) is 4.99 Å². The van der Waals surface area contributed by atoms with Gasteiger partial charge in [0.05, 0.1) is 0 Å². The third-order valence-electron chi connectivity index (χ3n) is 2.41. The SMILES string of the molecule is Cc1ccc2c(c1)c(C(N)=S)cn2C. The van der Waals surface area contributed by atoms with E-state index >= 15 is 0 Å². The Kier molecular flexibility index (Phi) is 2.04. The summed E-state index contributed by atoms with van der Waals surface area (Å²) in [5, 5.41) is 1.14. The summed E-state index contributed by atoms with van der Waals surface area (Å²) in [4.78, 5) is 0.459. The van der Waals surface area contributed by atoms with Gasteiger partial charge in [0, 0.05) is 29.7 Å². The molecule has 0 bridgehead atoms. The van der Waals surface area contributed by atoms with E-state index in [1.54, 1.807) is 0 Å². The van der Waals surface area contributed by atoms with E-state index in [0.717, 1.165) is 10.9 Å². The molecule has 0 aliphatic carbocycles. The minimum Gasteiger partial charge on any atom is -0.389 e. The quantitative estimate of drug-likeness (QED) is 0.721. The first-order valence-electron chi connectivity index (χ1n) is 4.45. The maximum Gasteiger partial charge on any atom is 0.106 e. The number of fused-ring (bicyclic) bond motifs is 1. The topological polar surface area (TPSA) is 30.9 Å². The average molecular weight is 204 g/mol. The van der Waals surface area contributed by atoms with Gasteiger partial charge in [0.25, 0.3) is 0 Å². The molecule has 0 aliphatic heterocycles. The zero-order valence-corrected chi connectivity index (χ0v) is 9.06. The van der Waals surface area contributed by atoms with Crippen molar-refractivity contribution in [2.75, 3.05) is 0 Å². The average Bonchev–Trinajstić information content (AvgIpc) is 2.43. The molecule has 14 heavy (non-hydrogen) atoms. The summed E-state index contributed by atoms with van der Waals surface area (Å²) in [5.74, 6) is 0. The van der Waals surface area contributed by atoms with Crippen molar-refractivity contribution in [2.24, 2.45) is 12.8 Å². The standard InChI is InChI=1S/C11H12N2S/c1-7-3-4-10-8(5-7)9(11(12)14)6-13(10)2/h3-6H,1-2H3,(H2,12,14). The largest absolute Gasteiger partial charge is 0.389 e. The second kappa shape index (κ2) is 3.10. The van der Waals surface area contributed by atoms with E-state index in [1.165, 1.54) is 11.1 Å². The predicted molar refractivity (Wildman–Crippen MR) is 63.5 cm³/mol. The van der Waals surface area contributed by atoms with Gasteiger partial charge < -0.3 is 10.3 Å². The van der Waals surface area contributed by atoms with E-state index in [1.807, 2.05) is 17.8 Å². The van der Waals surface area contributed by atoms with Gasteiger partial charge >= 0.3 is 0 Å². The van der Waals surface area contributed by atoms with Crippen LogP contribution in [0.15, 0.2) is 24.4 Å². The van der Waals surface area contributed by atoms with E-state index < -0.39 is 0 Å². The van der Waals surface area contributed by atoms with Crippen LogP contribution in [0.2, 0.25) is 0 Å². The molecule has 0 saturated carbocycles. The van der Waals surface area contributed by atoms with Gasteiger partial charge in [0.2, 0.25) is 0 Å². The van der Waals surface area contributed by atoms with E-state index in [-0.39, 0.29) is 0 Å². The lowest BCUT2D eigenvalue weighted by atomic mass is 10.1. The van der Waals surface area contributed by atoms with Gasteiger partial charge in [-0.1, -0.05) is 23.8 Å². The Bertz CT molecular complexity index is 511. The van der Waals surface area contributed by atoms with Gasteiger partial charge in [-0.15, -0.1) is 0 Å². The van der Waals surface area contributed by atoms with Crippen molar-refractivity contribution in [3.05, 3.63) is 35.5 Å². The molecule has 0 radical (unpaired) electrons. The lowest BCUT2D eigenvalue weighted by Crippen LogP contribution is -2.08. The van der Waals surface area contributed by atoms with E-state index in [4.69, 9.17) is 18.0 Å². The molecule has 72 valence electrons. The van der Waals surface area contributed by atoms with Crippen LogP contribution < -0.4 is 5.73 Å². The number of thiocarbonyl (C=S) groups is 1. The number of rotatable bonds is 1. The molecule has 0 spiro atoms. The van der Waals surface area contributed by atoms with Crippen LogP contribution in [0.4, 0.5) is 0 Å². The Hall–Kier alpha value is -1.35. The Balaban J connectivity index is 2.85. The molecule has 2 N–H and O–H groups in total. The Morgan fingerprint density at radius 3 is 2.79 bits per heavy atom. The molecule has 1 aromatic carbocycles. The maximum atomic E-state index is 5.66. The molecule has 0 aliphatic rings. The van der Waals surface area contributed by atoms with Crippen molar-refractivity contribution in [1.29, 1.82) is 0 Å². The van der Waals surface area contributed by atoms with Gasteiger partial charge in [0.15, 0.2) is 0 Å². The molecule has 1 aromatic heterocycles. The van der Waals surface area contributed by atoms with Gasteiger partial charge in [-0.3, -0.25) is 0 Å². The van der Waals surface area contributed by atoms with Gasteiger partial charge in [-0.05, 0) is 19.1 Å². The summed E-state index contributed by atoms with van der Waals surface area (Å²) < 4.78 is 2.04. The number of nitrogens with zero attached hydrogens (tertiary/aromatic N) is 1. The molecule has 0 atom stereocenters. The summed E-state index contributed by atoms with van der Waals surface area (Å²) in [5.41, 5.74) is 9.01. The van der Waals surface area contributed by atoms with Crippen molar-refractivity contribution in [3.8, 4) is 0 Å². The number of aromatic nitrogens is 1. The van der Waals surface area contributed by atoms with E-state index in [9.17, 15) is 0 Å². The Labute approximate surface area is 88.3 Å². The first kappa shape index (κ1) is 9.21. The molecule has 0 fully saturated rings. The fourth-order valence-electron chi connectivity index (χ4n) is 1.70. The highest BCUT2D eigenvalue weighted by Gasteiger charge is 2.07. The maximum absolute atomic E-state index is 5.66. The van der Waals surface area contributed by atoms with Crippen LogP contribution in [0.3, 0.4) is 0 Å². The first-order valence-corrected chi connectivity index (χ1v) is 4.86. The zero-order valence-electron chi connectivity index (χ0n) is 8.24. The van der Waals surface area contributed by atoms with Gasteiger partial charge in [-0.25, -0.2) is 0 Å². The fourth-order valence-corrected chi connectivity index (χ4v) is 1.86. The normalized spacial score (nSPS) is 10.7. The van der Waals surface area contributed by atoms with Gasteiger partial charge in [-0.2, -0.15) is 0 Å². The summed E-state index contributed by atoms with van der Waals surface area (Å²) in [6.45, 7) is 2.07. The molecule has 2 aromatic rings. The number of hydrogen-bond acceptors (Lipinski definition) is 1. The van der Waals surface area contributed by atoms with Crippen LogP contribution in [0.25, 0.3) is 10.9 Å². The van der Waals surface area contributed by atoms with Crippen molar-refractivity contribution in [3.63, 3.8) is 0 Å². The Morgan fingerprint density at radius 2 is 2.14 bits per heavy atom. The number of nitrogens with two attached hydrogens (primary N) is 1. The number of benzene rings is 1. The van der Waals surface area contributed by atoms with E-state index in [0.29, 0.717) is 4.99 Å². The lowest BCUT2D eigenvalue weighted by molar-refractivity contribution is 0.968. The molecular formula is C11H12N2S. The van der Waals surface area contributed by atoms with E-state index in [2.05, 4.69) is 25.1 Å². The third-order valence-corrected chi connectivity index (χ3v) is 2.63. The molecule has 0 saturated heterocycles. The molecule has 0 amide bonds. The van der Waals surface area contributed by atoms with Crippen LogP contribution in [0.5, 0.6) is 0 Å². The lowest BCUT2D eigenvalue weighted by Gasteiger charge is -1.97. The van der Waals surface area contributed by atoms with Crippen molar-refractivity contribution in [1.82, 2.24) is 4.57 Å². The molecule has 0 unspecified atom stereocenters. The molecule has 1 heterocycles. The molecule has 3 heteroatoms. The highest BCUT2D eigenvalue weighted by Crippen LogP contribution is 2.21. The van der Waals surface area contributed by atoms with Crippen LogP contribution in [0.1, 0.15) is 11.1 Å². The summed E-state index contributed by atoms with van der Waals surface area (Å²) in [7, 11) is 2.00. The van der Waals surface area contributed by atoms with Crippen molar-refractivity contribution < 1.29 is 0 Å². The summed E-state index contributed by atoms with van der Waals surface area (Å²) in [6.07, 6.45) is 1.98. The molecule has 2 nitrogen and oxygen atoms in total. The van der Waals surface area contributed by atoms with Crippen LogP contribution in [-0.4, -0.2) is 9.56 Å². The predicted octanol–water partition coefficient (Wildman–Crippen LogP) is 2.12. The highest BCUT2D eigenvalue weighted by molar-refractivity contribution is 7.80. The van der Waals surface area contributed by atoms with Crippen molar-refractivity contribution >= 4 is 28.1 Å². The number of hydrogen-bond donors (Lipinski definition) is 1. The van der Waals surface area contributed by atoms with Crippen LogP contribution >= 0.6 is 12.2 Å². The molecule has 2 rings (SSSR count).